The summed E-state index contributed by atoms with van der Waals surface area (Å²) in [6.45, 7) is 5.85. The number of anilines is 1. The van der Waals surface area contributed by atoms with Crippen LogP contribution in [0.15, 0.2) is 71.6 Å². The molecule has 8 nitrogen and oxygen atoms in total. The molecule has 2 aromatic carbocycles. The first-order valence-electron chi connectivity index (χ1n) is 16.9. The fourth-order valence-corrected chi connectivity index (χ4v) is 7.94. The Bertz CT molecular complexity index is 1580. The van der Waals surface area contributed by atoms with Crippen LogP contribution in [0.4, 0.5) is 5.82 Å². The van der Waals surface area contributed by atoms with E-state index in [1.807, 2.05) is 65.2 Å². The average molecular weight is 662 g/mol. The number of hydrogen-bond donors (Lipinski definition) is 1. The Kier molecular flexibility index (Phi) is 12.9. The van der Waals surface area contributed by atoms with E-state index in [1.165, 1.54) is 10.7 Å². The Hall–Kier alpha value is -3.40. The van der Waals surface area contributed by atoms with Gasteiger partial charge in [0, 0.05) is 45.6 Å². The number of hydrogen-bond acceptors (Lipinski definition) is 7. The second-order valence-electron chi connectivity index (χ2n) is 13.8. The standard InChI is InChI=1S/C38H51N3O5S/c1-27(2)25-41(47(45,46)33-18-16-28(3)17-19-33)26-37(44)31(20-29-12-8-6-9-13-29)23-35(42)32-22-34(39-38(24-32)40(4)5)36(43)21-30-14-10-7-11-15-30/h6,8-9,12-13,16-19,22,24,27,30-31,37,44H,7,10-11,14-15,20-21,23,25-26H2,1-5H3/t31-,37-/m1/s1. The third-order valence-corrected chi connectivity index (χ3v) is 10.9. The van der Waals surface area contributed by atoms with Gasteiger partial charge in [-0.3, -0.25) is 9.59 Å². The van der Waals surface area contributed by atoms with E-state index in [0.717, 1.165) is 36.8 Å². The van der Waals surface area contributed by atoms with Crippen LogP contribution in [0.3, 0.4) is 0 Å². The molecule has 0 bridgehead atoms. The maximum absolute atomic E-state index is 14.0. The first kappa shape index (κ1) is 36.4. The molecule has 0 amide bonds. The number of carbonyl (C=O) groups is 2. The number of aryl methyl sites for hydroxylation is 1. The number of sulfonamides is 1. The van der Waals surface area contributed by atoms with Gasteiger partial charge in [-0.1, -0.05) is 94.0 Å². The van der Waals surface area contributed by atoms with Crippen molar-refractivity contribution in [2.45, 2.75) is 83.1 Å². The highest BCUT2D eigenvalue weighted by molar-refractivity contribution is 7.89. The molecular formula is C38H51N3O5S. The van der Waals surface area contributed by atoms with E-state index in [-0.39, 0.29) is 47.6 Å². The van der Waals surface area contributed by atoms with Gasteiger partial charge in [0.15, 0.2) is 11.6 Å². The van der Waals surface area contributed by atoms with Crippen LogP contribution in [-0.2, 0) is 16.4 Å². The zero-order valence-corrected chi connectivity index (χ0v) is 29.4. The second kappa shape index (κ2) is 16.6. The fourth-order valence-electron chi connectivity index (χ4n) is 6.32. The number of aliphatic hydroxyl groups is 1. The Morgan fingerprint density at radius 3 is 2.19 bits per heavy atom. The van der Waals surface area contributed by atoms with Crippen molar-refractivity contribution in [3.63, 3.8) is 0 Å². The Balaban J connectivity index is 1.62. The monoisotopic (exact) mass is 661 g/mol. The summed E-state index contributed by atoms with van der Waals surface area (Å²) in [5, 5.41) is 11.7. The van der Waals surface area contributed by atoms with Crippen molar-refractivity contribution in [1.29, 1.82) is 0 Å². The summed E-state index contributed by atoms with van der Waals surface area (Å²) in [4.78, 5) is 33.9. The van der Waals surface area contributed by atoms with Crippen molar-refractivity contribution in [2.24, 2.45) is 17.8 Å². The zero-order valence-electron chi connectivity index (χ0n) is 28.6. The summed E-state index contributed by atoms with van der Waals surface area (Å²) in [5.74, 6) is 0.0265. The predicted molar refractivity (Wildman–Crippen MR) is 187 cm³/mol. The number of aliphatic hydroxyl groups excluding tert-OH is 1. The van der Waals surface area contributed by atoms with Gasteiger partial charge >= 0.3 is 0 Å². The summed E-state index contributed by atoms with van der Waals surface area (Å²) in [6.07, 6.45) is 5.22. The smallest absolute Gasteiger partial charge is 0.243 e. The number of carbonyl (C=O) groups excluding carboxylic acids is 2. The van der Waals surface area contributed by atoms with Crippen molar-refractivity contribution in [2.75, 3.05) is 32.1 Å². The maximum atomic E-state index is 14.0. The minimum atomic E-state index is -3.90. The molecule has 1 N–H and O–H groups in total. The molecule has 1 heterocycles. The van der Waals surface area contributed by atoms with Crippen LogP contribution in [0, 0.1) is 24.7 Å². The lowest BCUT2D eigenvalue weighted by molar-refractivity contribution is 0.0689. The molecule has 0 spiro atoms. The highest BCUT2D eigenvalue weighted by atomic mass is 32.2. The second-order valence-corrected chi connectivity index (χ2v) is 15.7. The van der Waals surface area contributed by atoms with E-state index in [9.17, 15) is 23.1 Å². The van der Waals surface area contributed by atoms with E-state index in [4.69, 9.17) is 0 Å². The highest BCUT2D eigenvalue weighted by Crippen LogP contribution is 2.29. The summed E-state index contributed by atoms with van der Waals surface area (Å²) in [7, 11) is -0.250. The Labute approximate surface area is 281 Å². The van der Waals surface area contributed by atoms with Gasteiger partial charge < -0.3 is 10.0 Å². The molecule has 1 fully saturated rings. The van der Waals surface area contributed by atoms with Gasteiger partial charge in [-0.2, -0.15) is 4.31 Å². The van der Waals surface area contributed by atoms with E-state index in [1.54, 1.807) is 41.3 Å². The van der Waals surface area contributed by atoms with Gasteiger partial charge in [0.1, 0.15) is 11.5 Å². The summed E-state index contributed by atoms with van der Waals surface area (Å²) in [6, 6.07) is 19.6. The fraction of sp³-hybridized carbons (Fsp3) is 0.500. The molecule has 2 atom stereocenters. The van der Waals surface area contributed by atoms with Crippen LogP contribution in [0.2, 0.25) is 0 Å². The van der Waals surface area contributed by atoms with Gasteiger partial charge in [0.25, 0.3) is 0 Å². The first-order chi connectivity index (χ1) is 22.3. The lowest BCUT2D eigenvalue weighted by Gasteiger charge is -2.30. The normalized spacial score (nSPS) is 15.5. The molecule has 0 saturated heterocycles. The number of rotatable bonds is 16. The summed E-state index contributed by atoms with van der Waals surface area (Å²) in [5.41, 5.74) is 2.55. The third kappa shape index (κ3) is 10.3. The number of Topliss-reactive ketones (excluding diaryl/α,β-unsaturated/α-hetero) is 2. The maximum Gasteiger partial charge on any atom is 0.243 e. The molecule has 9 heteroatoms. The van der Waals surface area contributed by atoms with Gasteiger partial charge in [0.05, 0.1) is 11.0 Å². The molecule has 4 rings (SSSR count). The summed E-state index contributed by atoms with van der Waals surface area (Å²) < 4.78 is 28.9. The van der Waals surface area contributed by atoms with Crippen molar-refractivity contribution in [3.05, 3.63) is 89.1 Å². The topological polar surface area (TPSA) is 108 Å². The largest absolute Gasteiger partial charge is 0.391 e. The van der Waals surface area contributed by atoms with Crippen molar-refractivity contribution < 1.29 is 23.1 Å². The molecule has 254 valence electrons. The number of pyridine rings is 1. The van der Waals surface area contributed by atoms with Gasteiger partial charge in [-0.05, 0) is 60.9 Å². The van der Waals surface area contributed by atoms with Crippen LogP contribution < -0.4 is 4.90 Å². The molecule has 1 aromatic heterocycles. The molecule has 1 aliphatic carbocycles. The third-order valence-electron chi connectivity index (χ3n) is 9.03. The Morgan fingerprint density at radius 2 is 1.57 bits per heavy atom. The van der Waals surface area contributed by atoms with Crippen molar-refractivity contribution >= 4 is 27.4 Å². The summed E-state index contributed by atoms with van der Waals surface area (Å²) >= 11 is 0. The van der Waals surface area contributed by atoms with Gasteiger partial charge in [-0.25, -0.2) is 13.4 Å². The molecule has 0 aliphatic heterocycles. The lowest BCUT2D eigenvalue weighted by Crippen LogP contribution is -2.43. The minimum Gasteiger partial charge on any atom is -0.391 e. The number of benzene rings is 2. The van der Waals surface area contributed by atoms with Crippen molar-refractivity contribution in [1.82, 2.24) is 9.29 Å². The molecule has 47 heavy (non-hydrogen) atoms. The molecule has 0 unspecified atom stereocenters. The van der Waals surface area contributed by atoms with E-state index in [0.29, 0.717) is 30.1 Å². The van der Waals surface area contributed by atoms with Crippen LogP contribution in [0.1, 0.15) is 90.8 Å². The average Bonchev–Trinajstić information content (AvgIpc) is 3.04. The van der Waals surface area contributed by atoms with Crippen molar-refractivity contribution in [3.8, 4) is 0 Å². The molecular weight excluding hydrogens is 611 g/mol. The molecule has 0 radical (unpaired) electrons. The number of nitrogens with zero attached hydrogens (tertiary/aromatic N) is 3. The van der Waals surface area contributed by atoms with Crippen LogP contribution in [0.25, 0.3) is 0 Å². The SMILES string of the molecule is Cc1ccc(S(=O)(=O)N(CC(C)C)C[C@@H](O)[C@@H](CC(=O)c2cc(C(=O)CC3CCCCC3)nc(N(C)C)c2)Cc2ccccc2)cc1. The van der Waals surface area contributed by atoms with Gasteiger partial charge in [0.2, 0.25) is 10.0 Å². The predicted octanol–water partition coefficient (Wildman–Crippen LogP) is 6.75. The minimum absolute atomic E-state index is 0.0162. The van der Waals surface area contributed by atoms with E-state index < -0.39 is 22.0 Å². The van der Waals surface area contributed by atoms with Crippen LogP contribution in [-0.4, -0.2) is 67.7 Å². The van der Waals surface area contributed by atoms with E-state index in [2.05, 4.69) is 4.98 Å². The lowest BCUT2D eigenvalue weighted by atomic mass is 9.85. The van der Waals surface area contributed by atoms with E-state index >= 15 is 0 Å². The molecule has 1 aliphatic rings. The Morgan fingerprint density at radius 1 is 0.915 bits per heavy atom. The molecule has 3 aromatic rings. The molecule has 1 saturated carbocycles. The highest BCUT2D eigenvalue weighted by Gasteiger charge is 2.32. The van der Waals surface area contributed by atoms with Crippen LogP contribution >= 0.6 is 0 Å². The van der Waals surface area contributed by atoms with Crippen LogP contribution in [0.5, 0.6) is 0 Å². The van der Waals surface area contributed by atoms with Gasteiger partial charge in [-0.15, -0.1) is 0 Å². The number of aromatic nitrogens is 1. The number of ketones is 2. The first-order valence-corrected chi connectivity index (χ1v) is 18.3. The quantitative estimate of drug-likeness (QED) is 0.169. The zero-order chi connectivity index (χ0) is 34.1.